The van der Waals surface area contributed by atoms with E-state index in [1.807, 2.05) is 18.2 Å². The minimum atomic E-state index is -1.07. The quantitative estimate of drug-likeness (QED) is 0.814. The van der Waals surface area contributed by atoms with Crippen LogP contribution in [0.3, 0.4) is 0 Å². The zero-order valence-corrected chi connectivity index (χ0v) is 13.5. The third kappa shape index (κ3) is 4.25. The Morgan fingerprint density at radius 3 is 2.42 bits per heavy atom. The van der Waals surface area contributed by atoms with E-state index in [1.54, 1.807) is 25.3 Å². The molecule has 0 fully saturated rings. The second-order valence-corrected chi connectivity index (χ2v) is 5.11. The molecular weight excluding hydrogens is 310 g/mol. The van der Waals surface area contributed by atoms with Gasteiger partial charge in [0.05, 0.1) is 20.6 Å². The molecule has 126 valence electrons. The maximum Gasteiger partial charge on any atom is 0.339 e. The molecule has 0 bridgehead atoms. The Bertz CT molecular complexity index is 742. The van der Waals surface area contributed by atoms with E-state index in [-0.39, 0.29) is 30.2 Å². The van der Waals surface area contributed by atoms with Crippen LogP contribution < -0.4 is 14.8 Å². The Morgan fingerprint density at radius 2 is 1.75 bits per heavy atom. The number of benzene rings is 2. The summed E-state index contributed by atoms with van der Waals surface area (Å²) in [6.07, 6.45) is 0.186. The molecule has 2 rings (SSSR count). The highest BCUT2D eigenvalue weighted by atomic mass is 16.5. The maximum absolute atomic E-state index is 12.1. The molecule has 6 heteroatoms. The fourth-order valence-electron chi connectivity index (χ4n) is 2.32. The van der Waals surface area contributed by atoms with E-state index in [0.29, 0.717) is 11.3 Å². The van der Waals surface area contributed by atoms with Crippen LogP contribution in [0.15, 0.2) is 42.5 Å². The molecule has 2 aromatic rings. The van der Waals surface area contributed by atoms with Crippen molar-refractivity contribution in [1.82, 2.24) is 5.32 Å². The van der Waals surface area contributed by atoms with Crippen LogP contribution in [0.4, 0.5) is 0 Å². The van der Waals surface area contributed by atoms with E-state index in [1.165, 1.54) is 13.2 Å². The van der Waals surface area contributed by atoms with Crippen molar-refractivity contribution in [3.05, 3.63) is 59.2 Å². The molecule has 0 spiro atoms. The molecule has 0 saturated carbocycles. The van der Waals surface area contributed by atoms with Gasteiger partial charge >= 0.3 is 5.97 Å². The Labute approximate surface area is 140 Å². The standard InChI is InChI=1S/C18H19NO5/c1-23-15-6-4-3-5-13(15)10-17(20)19-11-12-7-8-16(24-2)14(9-12)18(21)22/h3-9H,10-11H2,1-2H3,(H,19,20)(H,21,22). The normalized spacial score (nSPS) is 10.1. The number of hydrogen-bond donors (Lipinski definition) is 2. The van der Waals surface area contributed by atoms with E-state index in [4.69, 9.17) is 14.6 Å². The lowest BCUT2D eigenvalue weighted by Gasteiger charge is -2.10. The number of carboxylic acids is 1. The predicted molar refractivity (Wildman–Crippen MR) is 88.5 cm³/mol. The van der Waals surface area contributed by atoms with Gasteiger partial charge in [0.25, 0.3) is 0 Å². The number of para-hydroxylation sites is 1. The van der Waals surface area contributed by atoms with Crippen LogP contribution in [-0.2, 0) is 17.8 Å². The minimum absolute atomic E-state index is 0.0639. The van der Waals surface area contributed by atoms with Crippen molar-refractivity contribution >= 4 is 11.9 Å². The van der Waals surface area contributed by atoms with Crippen LogP contribution in [0, 0.1) is 0 Å². The molecule has 0 unspecified atom stereocenters. The first-order chi connectivity index (χ1) is 11.5. The minimum Gasteiger partial charge on any atom is -0.496 e. The summed E-state index contributed by atoms with van der Waals surface area (Å²) < 4.78 is 10.2. The molecule has 0 atom stereocenters. The lowest BCUT2D eigenvalue weighted by molar-refractivity contribution is -0.120. The maximum atomic E-state index is 12.1. The van der Waals surface area contributed by atoms with Gasteiger partial charge in [-0.15, -0.1) is 0 Å². The number of hydrogen-bond acceptors (Lipinski definition) is 4. The van der Waals surface area contributed by atoms with Crippen molar-refractivity contribution in [2.75, 3.05) is 14.2 Å². The second kappa shape index (κ2) is 8.01. The van der Waals surface area contributed by atoms with Crippen LogP contribution >= 0.6 is 0 Å². The summed E-state index contributed by atoms with van der Waals surface area (Å²) in [4.78, 5) is 23.3. The molecule has 0 aliphatic heterocycles. The van der Waals surface area contributed by atoms with Crippen LogP contribution in [-0.4, -0.2) is 31.2 Å². The van der Waals surface area contributed by atoms with Crippen molar-refractivity contribution in [3.8, 4) is 11.5 Å². The summed E-state index contributed by atoms with van der Waals surface area (Å²) in [5.41, 5.74) is 1.54. The van der Waals surface area contributed by atoms with Gasteiger partial charge in [-0.1, -0.05) is 24.3 Å². The molecular formula is C18H19NO5. The van der Waals surface area contributed by atoms with E-state index in [9.17, 15) is 9.59 Å². The Hall–Kier alpha value is -3.02. The average molecular weight is 329 g/mol. The van der Waals surface area contributed by atoms with Crippen molar-refractivity contribution in [3.63, 3.8) is 0 Å². The van der Waals surface area contributed by atoms with Gasteiger partial charge in [-0.2, -0.15) is 0 Å². The molecule has 0 saturated heterocycles. The second-order valence-electron chi connectivity index (χ2n) is 5.11. The van der Waals surface area contributed by atoms with Gasteiger partial charge in [0.2, 0.25) is 5.91 Å². The van der Waals surface area contributed by atoms with Gasteiger partial charge in [-0.3, -0.25) is 4.79 Å². The molecule has 2 aromatic carbocycles. The highest BCUT2D eigenvalue weighted by Crippen LogP contribution is 2.20. The number of rotatable bonds is 7. The van der Waals surface area contributed by atoms with Crippen LogP contribution in [0.5, 0.6) is 11.5 Å². The summed E-state index contributed by atoms with van der Waals surface area (Å²) in [5.74, 6) is -0.307. The van der Waals surface area contributed by atoms with Gasteiger partial charge in [-0.05, 0) is 23.8 Å². The number of methoxy groups -OCH3 is 2. The van der Waals surface area contributed by atoms with Gasteiger partial charge in [0.15, 0.2) is 0 Å². The molecule has 0 heterocycles. The number of ether oxygens (including phenoxy) is 2. The SMILES string of the molecule is COc1ccccc1CC(=O)NCc1ccc(OC)c(C(=O)O)c1. The van der Waals surface area contributed by atoms with Crippen LogP contribution in [0.25, 0.3) is 0 Å². The van der Waals surface area contributed by atoms with E-state index in [0.717, 1.165) is 5.56 Å². The van der Waals surface area contributed by atoms with Crippen molar-refractivity contribution in [1.29, 1.82) is 0 Å². The first-order valence-corrected chi connectivity index (χ1v) is 7.34. The highest BCUT2D eigenvalue weighted by Gasteiger charge is 2.12. The van der Waals surface area contributed by atoms with Gasteiger partial charge in [-0.25, -0.2) is 4.79 Å². The molecule has 0 aliphatic rings. The molecule has 6 nitrogen and oxygen atoms in total. The Morgan fingerprint density at radius 1 is 1.04 bits per heavy atom. The topological polar surface area (TPSA) is 84.9 Å². The monoisotopic (exact) mass is 329 g/mol. The molecule has 0 radical (unpaired) electrons. The number of carbonyl (C=O) groups excluding carboxylic acids is 1. The van der Waals surface area contributed by atoms with E-state index >= 15 is 0 Å². The zero-order valence-electron chi connectivity index (χ0n) is 13.5. The first kappa shape index (κ1) is 17.3. The summed E-state index contributed by atoms with van der Waals surface area (Å²) in [5, 5.41) is 11.9. The molecule has 1 amide bonds. The lowest BCUT2D eigenvalue weighted by atomic mass is 10.1. The number of carboxylic acid groups (broad SMARTS) is 1. The number of amides is 1. The third-order valence-electron chi connectivity index (χ3n) is 3.53. The summed E-state index contributed by atoms with van der Waals surface area (Å²) >= 11 is 0. The lowest BCUT2D eigenvalue weighted by Crippen LogP contribution is -2.24. The fraction of sp³-hybridized carbons (Fsp3) is 0.222. The average Bonchev–Trinajstić information content (AvgIpc) is 2.60. The summed E-state index contributed by atoms with van der Waals surface area (Å²) in [6.45, 7) is 0.234. The summed E-state index contributed by atoms with van der Waals surface area (Å²) in [6, 6.07) is 12.1. The predicted octanol–water partition coefficient (Wildman–Crippen LogP) is 2.26. The third-order valence-corrected chi connectivity index (χ3v) is 3.53. The van der Waals surface area contributed by atoms with Crippen LogP contribution in [0.1, 0.15) is 21.5 Å². The van der Waals surface area contributed by atoms with E-state index < -0.39 is 5.97 Å². The van der Waals surface area contributed by atoms with Gasteiger partial charge in [0.1, 0.15) is 17.1 Å². The number of aromatic carboxylic acids is 1. The van der Waals surface area contributed by atoms with Crippen molar-refractivity contribution in [2.45, 2.75) is 13.0 Å². The number of nitrogens with one attached hydrogen (secondary N) is 1. The fourth-order valence-corrected chi connectivity index (χ4v) is 2.32. The molecule has 0 aromatic heterocycles. The van der Waals surface area contributed by atoms with Gasteiger partial charge in [0, 0.05) is 12.1 Å². The Kier molecular flexibility index (Phi) is 5.78. The highest BCUT2D eigenvalue weighted by molar-refractivity contribution is 5.91. The molecule has 0 aliphatic carbocycles. The number of carbonyl (C=O) groups is 2. The molecule has 2 N–H and O–H groups in total. The largest absolute Gasteiger partial charge is 0.496 e. The summed E-state index contributed by atoms with van der Waals surface area (Å²) in [7, 11) is 2.97. The van der Waals surface area contributed by atoms with Crippen LogP contribution in [0.2, 0.25) is 0 Å². The van der Waals surface area contributed by atoms with Gasteiger partial charge < -0.3 is 19.9 Å². The smallest absolute Gasteiger partial charge is 0.339 e. The first-order valence-electron chi connectivity index (χ1n) is 7.34. The van der Waals surface area contributed by atoms with Crippen molar-refractivity contribution < 1.29 is 24.2 Å². The molecule has 24 heavy (non-hydrogen) atoms. The van der Waals surface area contributed by atoms with Crippen molar-refractivity contribution in [2.24, 2.45) is 0 Å². The zero-order chi connectivity index (χ0) is 17.5. The Balaban J connectivity index is 2.01. The van der Waals surface area contributed by atoms with E-state index in [2.05, 4.69) is 5.32 Å².